The quantitative estimate of drug-likeness (QED) is 0.829. The van der Waals surface area contributed by atoms with Crippen LogP contribution in [0.25, 0.3) is 0 Å². The highest BCUT2D eigenvalue weighted by atomic mass is 35.5. The van der Waals surface area contributed by atoms with Gasteiger partial charge in [0.25, 0.3) is 5.91 Å². The summed E-state index contributed by atoms with van der Waals surface area (Å²) in [6.45, 7) is 1.01. The minimum atomic E-state index is -0.0689. The zero-order chi connectivity index (χ0) is 17.5. The lowest BCUT2D eigenvalue weighted by Gasteiger charge is -2.14. The van der Waals surface area contributed by atoms with E-state index < -0.39 is 0 Å². The minimum absolute atomic E-state index is 0.0689. The third-order valence-corrected chi connectivity index (χ3v) is 4.21. The largest absolute Gasteiger partial charge is 0.326 e. The number of hydrogen-bond acceptors (Lipinski definition) is 2. The number of nitrogens with one attached hydrogen (secondary N) is 2. The van der Waals surface area contributed by atoms with Crippen LogP contribution in [-0.4, -0.2) is 19.5 Å². The Morgan fingerprint density at radius 3 is 2.42 bits per heavy atom. The molecule has 0 spiro atoms. The van der Waals surface area contributed by atoms with E-state index >= 15 is 0 Å². The lowest BCUT2D eigenvalue weighted by Crippen LogP contribution is -3.08. The molecule has 1 amide bonds. The second-order valence-corrected chi connectivity index (χ2v) is 6.45. The monoisotopic (exact) mass is 362 g/mol. The maximum Gasteiger partial charge on any atom is 0.279 e. The van der Waals surface area contributed by atoms with Gasteiger partial charge in [0.2, 0.25) is 0 Å². The van der Waals surface area contributed by atoms with E-state index in [2.05, 4.69) is 11.4 Å². The number of carbonyl (C=O) groups is 1. The topological polar surface area (TPSA) is 57.3 Å². The van der Waals surface area contributed by atoms with E-state index in [1.54, 1.807) is 18.2 Å². The van der Waals surface area contributed by atoms with Crippen molar-refractivity contribution < 1.29 is 9.69 Å². The first-order valence-electron chi connectivity index (χ1n) is 7.49. The average Bonchev–Trinajstić information content (AvgIpc) is 2.53. The van der Waals surface area contributed by atoms with Gasteiger partial charge in [-0.3, -0.25) is 4.79 Å². The normalized spacial score (nSPS) is 11.6. The second-order valence-electron chi connectivity index (χ2n) is 5.64. The molecule has 4 nitrogen and oxygen atoms in total. The molecule has 0 heterocycles. The van der Waals surface area contributed by atoms with Gasteiger partial charge < -0.3 is 10.2 Å². The first-order chi connectivity index (χ1) is 11.5. The Hall–Kier alpha value is -2.06. The van der Waals surface area contributed by atoms with E-state index in [0.29, 0.717) is 29.6 Å². The van der Waals surface area contributed by atoms with Crippen LogP contribution in [0.3, 0.4) is 0 Å². The number of nitriles is 1. The molecule has 0 fully saturated rings. The molecule has 0 radical (unpaired) electrons. The Balaban J connectivity index is 1.86. The summed E-state index contributed by atoms with van der Waals surface area (Å²) in [5.41, 5.74) is 2.68. The molecule has 1 unspecified atom stereocenters. The fourth-order valence-corrected chi connectivity index (χ4v) is 2.66. The molecule has 6 heteroatoms. The van der Waals surface area contributed by atoms with Crippen LogP contribution in [0.4, 0.5) is 5.69 Å². The standard InChI is InChI=1S/C18H17Cl2N3O/c1-23(11-14-4-7-16(19)17(20)10-14)12-18(24)22-15-5-2-13(3-6-15)8-9-21/h2-7,10H,8,11-12H2,1H3,(H,22,24)/p+1. The number of amides is 1. The summed E-state index contributed by atoms with van der Waals surface area (Å²) >= 11 is 11.9. The third kappa shape index (κ3) is 5.54. The van der Waals surface area contributed by atoms with E-state index in [1.165, 1.54) is 0 Å². The van der Waals surface area contributed by atoms with Crippen LogP contribution in [0, 0.1) is 11.3 Å². The molecule has 0 aliphatic heterocycles. The van der Waals surface area contributed by atoms with E-state index in [9.17, 15) is 4.79 Å². The Kier molecular flexibility index (Phi) is 6.62. The van der Waals surface area contributed by atoms with Crippen LogP contribution in [0.1, 0.15) is 11.1 Å². The molecule has 0 aliphatic rings. The van der Waals surface area contributed by atoms with Crippen molar-refractivity contribution in [3.05, 3.63) is 63.6 Å². The Morgan fingerprint density at radius 2 is 1.79 bits per heavy atom. The molecular weight excluding hydrogens is 345 g/mol. The van der Waals surface area contributed by atoms with Gasteiger partial charge in [0.1, 0.15) is 6.54 Å². The van der Waals surface area contributed by atoms with Gasteiger partial charge in [0, 0.05) is 11.3 Å². The highest BCUT2D eigenvalue weighted by Gasteiger charge is 2.11. The fourth-order valence-electron chi connectivity index (χ4n) is 2.34. The molecule has 0 bridgehead atoms. The minimum Gasteiger partial charge on any atom is -0.326 e. The first-order valence-corrected chi connectivity index (χ1v) is 8.24. The molecule has 2 N–H and O–H groups in total. The van der Waals surface area contributed by atoms with Gasteiger partial charge in [-0.1, -0.05) is 41.4 Å². The number of halogens is 2. The molecule has 1 atom stereocenters. The van der Waals surface area contributed by atoms with Crippen LogP contribution in [0.5, 0.6) is 0 Å². The summed E-state index contributed by atoms with van der Waals surface area (Å²) in [5, 5.41) is 12.5. The predicted molar refractivity (Wildman–Crippen MR) is 96.3 cm³/mol. The van der Waals surface area contributed by atoms with Gasteiger partial charge in [0.15, 0.2) is 6.54 Å². The van der Waals surface area contributed by atoms with Crippen molar-refractivity contribution in [3.8, 4) is 6.07 Å². The van der Waals surface area contributed by atoms with Crippen molar-refractivity contribution in [1.29, 1.82) is 5.26 Å². The molecule has 24 heavy (non-hydrogen) atoms. The molecule has 2 rings (SSSR count). The zero-order valence-electron chi connectivity index (χ0n) is 13.3. The van der Waals surface area contributed by atoms with Gasteiger partial charge in [-0.25, -0.2) is 0 Å². The summed E-state index contributed by atoms with van der Waals surface area (Å²) in [6, 6.07) is 14.9. The molecule has 2 aromatic rings. The summed E-state index contributed by atoms with van der Waals surface area (Å²) in [7, 11) is 1.94. The Morgan fingerprint density at radius 1 is 1.12 bits per heavy atom. The number of likely N-dealkylation sites (N-methyl/N-ethyl adjacent to an activating group) is 1. The van der Waals surface area contributed by atoms with Crippen LogP contribution in [0.15, 0.2) is 42.5 Å². The van der Waals surface area contributed by atoms with Crippen molar-refractivity contribution in [1.82, 2.24) is 0 Å². The average molecular weight is 363 g/mol. The number of carbonyl (C=O) groups excluding carboxylic acids is 1. The van der Waals surface area contributed by atoms with Gasteiger partial charge in [-0.05, 0) is 29.8 Å². The van der Waals surface area contributed by atoms with Gasteiger partial charge in [-0.2, -0.15) is 5.26 Å². The molecule has 124 valence electrons. The van der Waals surface area contributed by atoms with Crippen molar-refractivity contribution in [3.63, 3.8) is 0 Å². The lowest BCUT2D eigenvalue weighted by molar-refractivity contribution is -0.885. The lowest BCUT2D eigenvalue weighted by atomic mass is 10.1. The van der Waals surface area contributed by atoms with Crippen LogP contribution in [0.2, 0.25) is 10.0 Å². The molecule has 0 aliphatic carbocycles. The van der Waals surface area contributed by atoms with Gasteiger partial charge >= 0.3 is 0 Å². The maximum absolute atomic E-state index is 12.1. The number of nitrogens with zero attached hydrogens (tertiary/aromatic N) is 1. The molecule has 2 aromatic carbocycles. The number of benzene rings is 2. The van der Waals surface area contributed by atoms with Crippen LogP contribution < -0.4 is 10.2 Å². The van der Waals surface area contributed by atoms with Crippen molar-refractivity contribution in [2.75, 3.05) is 18.9 Å². The van der Waals surface area contributed by atoms with Crippen molar-refractivity contribution in [2.24, 2.45) is 0 Å². The molecule has 0 aromatic heterocycles. The Labute approximate surface area is 151 Å². The third-order valence-electron chi connectivity index (χ3n) is 3.47. The number of hydrogen-bond donors (Lipinski definition) is 2. The highest BCUT2D eigenvalue weighted by molar-refractivity contribution is 6.42. The number of quaternary nitrogens is 1. The van der Waals surface area contributed by atoms with Gasteiger partial charge in [-0.15, -0.1) is 0 Å². The van der Waals surface area contributed by atoms with Crippen LogP contribution in [-0.2, 0) is 17.8 Å². The summed E-state index contributed by atoms with van der Waals surface area (Å²) in [5.74, 6) is -0.0689. The van der Waals surface area contributed by atoms with E-state index in [1.807, 2.05) is 31.3 Å². The smallest absolute Gasteiger partial charge is 0.279 e. The van der Waals surface area contributed by atoms with E-state index in [-0.39, 0.29) is 5.91 Å². The fraction of sp³-hybridized carbons (Fsp3) is 0.222. The van der Waals surface area contributed by atoms with Gasteiger partial charge in [0.05, 0.1) is 29.6 Å². The zero-order valence-corrected chi connectivity index (χ0v) is 14.8. The maximum atomic E-state index is 12.1. The summed E-state index contributed by atoms with van der Waals surface area (Å²) < 4.78 is 0. The van der Waals surface area contributed by atoms with E-state index in [4.69, 9.17) is 28.5 Å². The number of rotatable bonds is 6. The first kappa shape index (κ1) is 18.3. The second kappa shape index (κ2) is 8.70. The van der Waals surface area contributed by atoms with E-state index in [0.717, 1.165) is 21.7 Å². The highest BCUT2D eigenvalue weighted by Crippen LogP contribution is 2.22. The Bertz CT molecular complexity index is 754. The van der Waals surface area contributed by atoms with Crippen LogP contribution >= 0.6 is 23.2 Å². The SMILES string of the molecule is C[NH+](CC(=O)Nc1ccc(CC#N)cc1)Cc1ccc(Cl)c(Cl)c1. The van der Waals surface area contributed by atoms with Crippen molar-refractivity contribution >= 4 is 34.8 Å². The summed E-state index contributed by atoms with van der Waals surface area (Å²) in [6.07, 6.45) is 0.366. The number of anilines is 1. The van der Waals surface area contributed by atoms with Crippen molar-refractivity contribution in [2.45, 2.75) is 13.0 Å². The predicted octanol–water partition coefficient (Wildman–Crippen LogP) is 2.71. The molecular formula is C18H18Cl2N3O+. The summed E-state index contributed by atoms with van der Waals surface area (Å²) in [4.78, 5) is 13.1. The molecule has 0 saturated heterocycles. The molecule has 0 saturated carbocycles.